The number of unbranched alkanes of at least 4 members (excludes halogenated alkanes) is 15. The summed E-state index contributed by atoms with van der Waals surface area (Å²) in [5.41, 5.74) is 0.544. The van der Waals surface area contributed by atoms with Crippen LogP contribution in [0.15, 0.2) is 24.3 Å². The molecule has 0 N–H and O–H groups in total. The number of esters is 2. The number of hydrogen-bond acceptors (Lipinski definition) is 4. The maximum absolute atomic E-state index is 12.4. The Hall–Kier alpha value is -1.84. The lowest BCUT2D eigenvalue weighted by Crippen LogP contribution is -2.17. The molecule has 0 heterocycles. The van der Waals surface area contributed by atoms with Crippen molar-refractivity contribution in [3.63, 3.8) is 0 Å². The molecule has 0 fully saturated rings. The minimum Gasteiger partial charge on any atom is -0.462 e. The number of rotatable bonds is 20. The van der Waals surface area contributed by atoms with Gasteiger partial charge in [-0.15, -0.1) is 0 Å². The van der Waals surface area contributed by atoms with Crippen molar-refractivity contribution in [1.82, 2.24) is 0 Å². The summed E-state index contributed by atoms with van der Waals surface area (Å²) in [6.07, 6.45) is 20.8. The average molecular weight is 461 g/mol. The topological polar surface area (TPSA) is 52.6 Å². The Morgan fingerprint density at radius 3 is 1.45 bits per heavy atom. The highest BCUT2D eigenvalue weighted by Gasteiger charge is 2.19. The minimum absolute atomic E-state index is 0.230. The fourth-order valence-electron chi connectivity index (χ4n) is 4.01. The van der Waals surface area contributed by atoms with Crippen molar-refractivity contribution in [2.24, 2.45) is 0 Å². The summed E-state index contributed by atoms with van der Waals surface area (Å²) in [6, 6.07) is 6.68. The summed E-state index contributed by atoms with van der Waals surface area (Å²) < 4.78 is 10.6. The number of carbonyl (C=O) groups is 2. The van der Waals surface area contributed by atoms with Gasteiger partial charge in [-0.25, -0.2) is 9.59 Å². The van der Waals surface area contributed by atoms with E-state index in [4.69, 9.17) is 9.47 Å². The second-order valence-corrected chi connectivity index (χ2v) is 9.44. The molecule has 4 heteroatoms. The van der Waals surface area contributed by atoms with Crippen LogP contribution in [0.25, 0.3) is 0 Å². The van der Waals surface area contributed by atoms with E-state index in [9.17, 15) is 9.59 Å². The van der Waals surface area contributed by atoms with E-state index in [1.54, 1.807) is 38.1 Å². The van der Waals surface area contributed by atoms with Gasteiger partial charge in [-0.3, -0.25) is 0 Å². The van der Waals surface area contributed by atoms with Gasteiger partial charge in [0.25, 0.3) is 0 Å². The van der Waals surface area contributed by atoms with Gasteiger partial charge in [-0.05, 0) is 32.4 Å². The molecule has 0 amide bonds. The summed E-state index contributed by atoms with van der Waals surface area (Å²) in [4.78, 5) is 24.6. The lowest BCUT2D eigenvalue weighted by Gasteiger charge is -2.11. The molecule has 33 heavy (non-hydrogen) atoms. The van der Waals surface area contributed by atoms with Crippen molar-refractivity contribution in [3.05, 3.63) is 35.4 Å². The van der Waals surface area contributed by atoms with Crippen LogP contribution in [0.3, 0.4) is 0 Å². The average Bonchev–Trinajstić information content (AvgIpc) is 2.80. The van der Waals surface area contributed by atoms with Crippen LogP contribution in [-0.2, 0) is 9.47 Å². The van der Waals surface area contributed by atoms with E-state index >= 15 is 0 Å². The van der Waals surface area contributed by atoms with Crippen LogP contribution in [0.1, 0.15) is 144 Å². The van der Waals surface area contributed by atoms with E-state index in [2.05, 4.69) is 6.92 Å². The van der Waals surface area contributed by atoms with E-state index in [1.807, 2.05) is 0 Å². The first kappa shape index (κ1) is 29.2. The van der Waals surface area contributed by atoms with Crippen molar-refractivity contribution in [2.75, 3.05) is 6.61 Å². The number of benzene rings is 1. The highest BCUT2D eigenvalue weighted by atomic mass is 16.5. The first-order chi connectivity index (χ1) is 16.1. The molecule has 0 atom stereocenters. The molecule has 0 spiro atoms. The molecule has 0 unspecified atom stereocenters. The normalized spacial score (nSPS) is 11.0. The Balaban J connectivity index is 2.00. The predicted molar refractivity (Wildman–Crippen MR) is 137 cm³/mol. The zero-order valence-electron chi connectivity index (χ0n) is 21.5. The molecule has 0 aliphatic heterocycles. The lowest BCUT2D eigenvalue weighted by atomic mass is 10.0. The minimum atomic E-state index is -0.486. The van der Waals surface area contributed by atoms with E-state index in [1.165, 1.54) is 89.9 Å². The molecule has 1 rings (SSSR count). The summed E-state index contributed by atoms with van der Waals surface area (Å²) in [6.45, 7) is 6.24. The van der Waals surface area contributed by atoms with Crippen LogP contribution >= 0.6 is 0 Å². The fourth-order valence-corrected chi connectivity index (χ4v) is 4.01. The zero-order chi connectivity index (χ0) is 24.2. The van der Waals surface area contributed by atoms with Crippen molar-refractivity contribution in [2.45, 2.75) is 130 Å². The summed E-state index contributed by atoms with van der Waals surface area (Å²) >= 11 is 0. The second-order valence-electron chi connectivity index (χ2n) is 9.44. The van der Waals surface area contributed by atoms with E-state index < -0.39 is 11.9 Å². The Bertz CT molecular complexity index is 638. The number of carbonyl (C=O) groups excluding carboxylic acids is 2. The maximum atomic E-state index is 12.4. The van der Waals surface area contributed by atoms with Crippen LogP contribution in [0.5, 0.6) is 0 Å². The van der Waals surface area contributed by atoms with Gasteiger partial charge in [0.05, 0.1) is 23.8 Å². The molecule has 0 saturated heterocycles. The second kappa shape index (κ2) is 19.6. The number of ether oxygens (including phenoxy) is 2. The van der Waals surface area contributed by atoms with Crippen molar-refractivity contribution in [1.29, 1.82) is 0 Å². The van der Waals surface area contributed by atoms with Crippen LogP contribution in [-0.4, -0.2) is 24.6 Å². The molecule has 4 nitrogen and oxygen atoms in total. The highest BCUT2D eigenvalue weighted by Crippen LogP contribution is 2.15. The fraction of sp³-hybridized carbons (Fsp3) is 0.724. The predicted octanol–water partition coefficient (Wildman–Crippen LogP) is 8.67. The van der Waals surface area contributed by atoms with Gasteiger partial charge in [-0.1, -0.05) is 115 Å². The molecular weight excluding hydrogens is 412 g/mol. The van der Waals surface area contributed by atoms with Crippen LogP contribution in [0, 0.1) is 0 Å². The Labute approximate surface area is 202 Å². The molecule has 0 bridgehead atoms. The molecule has 1 aromatic rings. The summed E-state index contributed by atoms with van der Waals surface area (Å²) in [5, 5.41) is 0. The lowest BCUT2D eigenvalue weighted by molar-refractivity contribution is 0.0360. The van der Waals surface area contributed by atoms with Crippen molar-refractivity contribution >= 4 is 11.9 Å². The van der Waals surface area contributed by atoms with Gasteiger partial charge < -0.3 is 9.47 Å². The monoisotopic (exact) mass is 460 g/mol. The molecule has 0 saturated carbocycles. The van der Waals surface area contributed by atoms with Gasteiger partial charge in [0.1, 0.15) is 0 Å². The molecule has 188 valence electrons. The molecule has 0 aliphatic rings. The molecule has 1 aromatic carbocycles. The van der Waals surface area contributed by atoms with E-state index in [-0.39, 0.29) is 17.2 Å². The van der Waals surface area contributed by atoms with Crippen LogP contribution < -0.4 is 0 Å². The smallest absolute Gasteiger partial charge is 0.339 e. The highest BCUT2D eigenvalue weighted by molar-refractivity contribution is 6.03. The Morgan fingerprint density at radius 1 is 0.636 bits per heavy atom. The zero-order valence-corrected chi connectivity index (χ0v) is 21.5. The van der Waals surface area contributed by atoms with Gasteiger partial charge in [0.2, 0.25) is 0 Å². The quantitative estimate of drug-likeness (QED) is 0.144. The third-order valence-corrected chi connectivity index (χ3v) is 5.94. The van der Waals surface area contributed by atoms with Crippen molar-refractivity contribution in [3.8, 4) is 0 Å². The molecule has 0 aliphatic carbocycles. The van der Waals surface area contributed by atoms with Gasteiger partial charge in [0.15, 0.2) is 0 Å². The molecular formula is C29H48O4. The Morgan fingerprint density at radius 2 is 1.03 bits per heavy atom. The summed E-state index contributed by atoms with van der Waals surface area (Å²) in [7, 11) is 0. The van der Waals surface area contributed by atoms with Gasteiger partial charge >= 0.3 is 11.9 Å². The third kappa shape index (κ3) is 14.8. The van der Waals surface area contributed by atoms with Gasteiger partial charge in [0, 0.05) is 0 Å². The third-order valence-electron chi connectivity index (χ3n) is 5.94. The number of hydrogen-bond donors (Lipinski definition) is 0. The maximum Gasteiger partial charge on any atom is 0.339 e. The standard InChI is InChI=1S/C29H48O4/c1-4-5-6-7-8-9-10-11-12-13-14-15-16-17-18-21-24-32-28(30)26-22-19-20-23-27(26)29(31)33-25(2)3/h19-20,22-23,25H,4-18,21,24H2,1-3H3. The Kier molecular flexibility index (Phi) is 17.4. The summed E-state index contributed by atoms with van der Waals surface area (Å²) in [5.74, 6) is -0.938. The molecule has 0 aromatic heterocycles. The van der Waals surface area contributed by atoms with Crippen LogP contribution in [0.2, 0.25) is 0 Å². The van der Waals surface area contributed by atoms with Crippen LogP contribution in [0.4, 0.5) is 0 Å². The SMILES string of the molecule is CCCCCCCCCCCCCCCCCCOC(=O)c1ccccc1C(=O)OC(C)C. The van der Waals surface area contributed by atoms with Gasteiger partial charge in [-0.2, -0.15) is 0 Å². The first-order valence-corrected chi connectivity index (χ1v) is 13.5. The molecule has 0 radical (unpaired) electrons. The van der Waals surface area contributed by atoms with Crippen molar-refractivity contribution < 1.29 is 19.1 Å². The van der Waals surface area contributed by atoms with E-state index in [0.29, 0.717) is 6.61 Å². The first-order valence-electron chi connectivity index (χ1n) is 13.5. The largest absolute Gasteiger partial charge is 0.462 e. The van der Waals surface area contributed by atoms with E-state index in [0.717, 1.165) is 12.8 Å².